The Morgan fingerprint density at radius 1 is 1.35 bits per heavy atom. The van der Waals surface area contributed by atoms with Crippen molar-refractivity contribution >= 4 is 0 Å². The molecule has 0 aliphatic heterocycles. The Balaban J connectivity index is 2.18. The molecule has 1 unspecified atom stereocenters. The number of rotatable bonds is 4. The molecule has 0 radical (unpaired) electrons. The maximum Gasteiger partial charge on any atom is 0.101 e. The van der Waals surface area contributed by atoms with Crippen LogP contribution in [-0.4, -0.2) is 6.54 Å². The van der Waals surface area contributed by atoms with E-state index in [0.29, 0.717) is 6.04 Å². The molecule has 0 amide bonds. The predicted octanol–water partition coefficient (Wildman–Crippen LogP) is 4.13. The summed E-state index contributed by atoms with van der Waals surface area (Å²) in [5, 5.41) is 3.58. The van der Waals surface area contributed by atoms with Crippen molar-refractivity contribution in [3.8, 4) is 0 Å². The molecule has 17 heavy (non-hydrogen) atoms. The molecule has 1 heterocycles. The first kappa shape index (κ1) is 12.4. The van der Waals surface area contributed by atoms with Gasteiger partial charge in [-0.15, -0.1) is 0 Å². The van der Waals surface area contributed by atoms with Crippen LogP contribution >= 0.6 is 0 Å². The fourth-order valence-electron chi connectivity index (χ4n) is 2.58. The largest absolute Gasteiger partial charge is 0.469 e. The third kappa shape index (κ3) is 3.22. The van der Waals surface area contributed by atoms with Gasteiger partial charge in [-0.05, 0) is 45.2 Å². The minimum absolute atomic E-state index is 0.357. The van der Waals surface area contributed by atoms with Gasteiger partial charge in [0.2, 0.25) is 0 Å². The summed E-state index contributed by atoms with van der Waals surface area (Å²) in [5.74, 6) is 0.997. The van der Waals surface area contributed by atoms with Gasteiger partial charge in [0, 0.05) is 5.56 Å². The lowest BCUT2D eigenvalue weighted by Crippen LogP contribution is -2.22. The normalized spacial score (nSPS) is 18.6. The number of hydrogen-bond donors (Lipinski definition) is 1. The van der Waals surface area contributed by atoms with Crippen molar-refractivity contribution in [3.05, 3.63) is 35.3 Å². The summed E-state index contributed by atoms with van der Waals surface area (Å²) in [6.45, 7) is 5.16. The van der Waals surface area contributed by atoms with Gasteiger partial charge in [-0.1, -0.05) is 25.0 Å². The predicted molar refractivity (Wildman–Crippen MR) is 71.0 cm³/mol. The highest BCUT2D eigenvalue weighted by Crippen LogP contribution is 2.30. The summed E-state index contributed by atoms with van der Waals surface area (Å²) in [6.07, 6.45) is 10.8. The lowest BCUT2D eigenvalue weighted by molar-refractivity contribution is 0.522. The second kappa shape index (κ2) is 6.06. The van der Waals surface area contributed by atoms with Crippen molar-refractivity contribution < 1.29 is 4.42 Å². The first-order valence-corrected chi connectivity index (χ1v) is 6.78. The Bertz CT molecular complexity index is 378. The molecule has 1 aliphatic rings. The molecule has 0 spiro atoms. The molecule has 1 aromatic rings. The summed E-state index contributed by atoms with van der Waals surface area (Å²) in [5.41, 5.74) is 2.82. The third-order valence-corrected chi connectivity index (χ3v) is 3.44. The molecule has 0 aromatic carbocycles. The number of allylic oxidation sites excluding steroid dienone is 1. The maximum atomic E-state index is 5.45. The summed E-state index contributed by atoms with van der Waals surface area (Å²) in [7, 11) is 0. The van der Waals surface area contributed by atoms with E-state index in [0.717, 1.165) is 12.3 Å². The Kier molecular flexibility index (Phi) is 4.43. The molecule has 1 atom stereocenters. The summed E-state index contributed by atoms with van der Waals surface area (Å²) < 4.78 is 5.45. The highest BCUT2D eigenvalue weighted by molar-refractivity contribution is 5.27. The van der Waals surface area contributed by atoms with Gasteiger partial charge < -0.3 is 9.73 Å². The van der Waals surface area contributed by atoms with Crippen molar-refractivity contribution in [2.24, 2.45) is 0 Å². The molecule has 0 saturated carbocycles. The topological polar surface area (TPSA) is 25.2 Å². The van der Waals surface area contributed by atoms with Crippen molar-refractivity contribution in [2.45, 2.75) is 52.0 Å². The monoisotopic (exact) mass is 233 g/mol. The molecule has 94 valence electrons. The number of nitrogens with one attached hydrogen (secondary N) is 1. The van der Waals surface area contributed by atoms with Crippen LogP contribution < -0.4 is 5.32 Å². The first-order valence-electron chi connectivity index (χ1n) is 6.78. The van der Waals surface area contributed by atoms with Gasteiger partial charge in [0.25, 0.3) is 0 Å². The van der Waals surface area contributed by atoms with E-state index in [1.807, 2.05) is 13.2 Å². The third-order valence-electron chi connectivity index (χ3n) is 3.44. The van der Waals surface area contributed by atoms with Gasteiger partial charge >= 0.3 is 0 Å². The zero-order valence-electron chi connectivity index (χ0n) is 11.0. The molecule has 2 rings (SSSR count). The fourth-order valence-corrected chi connectivity index (χ4v) is 2.58. The number of aryl methyl sites for hydroxylation is 1. The first-order chi connectivity index (χ1) is 8.31. The van der Waals surface area contributed by atoms with Crippen LogP contribution in [0, 0.1) is 6.92 Å². The van der Waals surface area contributed by atoms with Crippen molar-refractivity contribution in [3.63, 3.8) is 0 Å². The van der Waals surface area contributed by atoms with Crippen LogP contribution in [0.5, 0.6) is 0 Å². The van der Waals surface area contributed by atoms with Crippen LogP contribution in [0.1, 0.15) is 56.4 Å². The minimum Gasteiger partial charge on any atom is -0.469 e. The Hall–Kier alpha value is -1.02. The van der Waals surface area contributed by atoms with Crippen LogP contribution in [0.15, 0.2) is 28.4 Å². The maximum absolute atomic E-state index is 5.45. The van der Waals surface area contributed by atoms with E-state index in [4.69, 9.17) is 4.42 Å². The Morgan fingerprint density at radius 3 is 2.94 bits per heavy atom. The van der Waals surface area contributed by atoms with E-state index >= 15 is 0 Å². The molecule has 0 bridgehead atoms. The van der Waals surface area contributed by atoms with Gasteiger partial charge in [0.1, 0.15) is 5.76 Å². The van der Waals surface area contributed by atoms with Crippen LogP contribution in [0.2, 0.25) is 0 Å². The lowest BCUT2D eigenvalue weighted by atomic mass is 9.97. The second-order valence-corrected chi connectivity index (χ2v) is 4.86. The van der Waals surface area contributed by atoms with E-state index in [1.54, 1.807) is 5.57 Å². The second-order valence-electron chi connectivity index (χ2n) is 4.86. The number of likely N-dealkylation sites (N-methyl/N-ethyl adjacent to an activating group) is 1. The smallest absolute Gasteiger partial charge is 0.101 e. The van der Waals surface area contributed by atoms with Crippen molar-refractivity contribution in [2.75, 3.05) is 6.54 Å². The van der Waals surface area contributed by atoms with E-state index < -0.39 is 0 Å². The van der Waals surface area contributed by atoms with Gasteiger partial charge in [-0.25, -0.2) is 0 Å². The summed E-state index contributed by atoms with van der Waals surface area (Å²) in [4.78, 5) is 0. The van der Waals surface area contributed by atoms with Gasteiger partial charge in [0.05, 0.1) is 12.3 Å². The molecule has 0 fully saturated rings. The van der Waals surface area contributed by atoms with Crippen molar-refractivity contribution in [1.82, 2.24) is 5.32 Å². The molecular weight excluding hydrogens is 210 g/mol. The molecule has 1 aromatic heterocycles. The number of furan rings is 1. The molecule has 0 saturated heterocycles. The fraction of sp³-hybridized carbons (Fsp3) is 0.600. The zero-order chi connectivity index (χ0) is 12.1. The molecule has 1 N–H and O–H groups in total. The Morgan fingerprint density at radius 2 is 2.24 bits per heavy atom. The average Bonchev–Trinajstić information content (AvgIpc) is 2.60. The van der Waals surface area contributed by atoms with Crippen LogP contribution in [0.25, 0.3) is 0 Å². The molecular formula is C15H23NO. The van der Waals surface area contributed by atoms with Crippen LogP contribution in [0.3, 0.4) is 0 Å². The minimum atomic E-state index is 0.357. The highest BCUT2D eigenvalue weighted by atomic mass is 16.3. The number of hydrogen-bond acceptors (Lipinski definition) is 2. The van der Waals surface area contributed by atoms with Gasteiger partial charge in [-0.3, -0.25) is 0 Å². The summed E-state index contributed by atoms with van der Waals surface area (Å²) in [6, 6.07) is 2.51. The average molecular weight is 233 g/mol. The zero-order valence-corrected chi connectivity index (χ0v) is 11.0. The summed E-state index contributed by atoms with van der Waals surface area (Å²) >= 11 is 0. The molecule has 2 nitrogen and oxygen atoms in total. The quantitative estimate of drug-likeness (QED) is 0.791. The standard InChI is InChI=1S/C15H23NO/c1-3-16-15(14-10-12(2)17-11-14)13-8-6-4-5-7-9-13/h8,10-11,15-16H,3-7,9H2,1-2H3. The van der Waals surface area contributed by atoms with Gasteiger partial charge in [-0.2, -0.15) is 0 Å². The lowest BCUT2D eigenvalue weighted by Gasteiger charge is -2.19. The van der Waals surface area contributed by atoms with Crippen molar-refractivity contribution in [1.29, 1.82) is 0 Å². The SMILES string of the molecule is CCNC(C1=CCCCCC1)c1coc(C)c1. The molecule has 1 aliphatic carbocycles. The van der Waals surface area contributed by atoms with E-state index in [1.165, 1.54) is 37.7 Å². The van der Waals surface area contributed by atoms with Crippen LogP contribution in [-0.2, 0) is 0 Å². The van der Waals surface area contributed by atoms with Gasteiger partial charge in [0.15, 0.2) is 0 Å². The van der Waals surface area contributed by atoms with E-state index in [9.17, 15) is 0 Å². The van der Waals surface area contributed by atoms with E-state index in [-0.39, 0.29) is 0 Å². The van der Waals surface area contributed by atoms with Crippen LogP contribution in [0.4, 0.5) is 0 Å². The molecule has 2 heteroatoms. The highest BCUT2D eigenvalue weighted by Gasteiger charge is 2.18. The van der Waals surface area contributed by atoms with E-state index in [2.05, 4.69) is 24.4 Å². The Labute approximate surface area is 104 Å².